The standard InChI is InChI=1S/C12H14N2O4/c1-17-11(15)9-10(12(16)18-2)14-8-5-3-4-7(8)6-13-9/h6,14H,3-5H2,1-2H3. The zero-order chi connectivity index (χ0) is 13.1. The average molecular weight is 250 g/mol. The van der Waals surface area contributed by atoms with E-state index in [9.17, 15) is 9.59 Å². The van der Waals surface area contributed by atoms with Gasteiger partial charge in [-0.15, -0.1) is 0 Å². The topological polar surface area (TPSA) is 77.0 Å². The molecule has 2 aliphatic rings. The summed E-state index contributed by atoms with van der Waals surface area (Å²) in [5.41, 5.74) is 1.90. The lowest BCUT2D eigenvalue weighted by Crippen LogP contribution is -2.24. The van der Waals surface area contributed by atoms with Gasteiger partial charge in [0, 0.05) is 11.9 Å². The smallest absolute Gasteiger partial charge is 0.359 e. The van der Waals surface area contributed by atoms with Crippen molar-refractivity contribution in [2.24, 2.45) is 4.99 Å². The SMILES string of the molecule is COC(=O)C1=C(C(=O)OC)NC2=C(C=N1)CCC2. The lowest BCUT2D eigenvalue weighted by molar-refractivity contribution is -0.139. The van der Waals surface area contributed by atoms with Crippen LogP contribution in [0.1, 0.15) is 19.3 Å². The van der Waals surface area contributed by atoms with Crippen LogP contribution >= 0.6 is 0 Å². The molecule has 0 bridgehead atoms. The molecule has 0 saturated carbocycles. The summed E-state index contributed by atoms with van der Waals surface area (Å²) in [5, 5.41) is 2.95. The van der Waals surface area contributed by atoms with Gasteiger partial charge in [-0.05, 0) is 24.8 Å². The molecule has 1 aliphatic heterocycles. The van der Waals surface area contributed by atoms with Crippen LogP contribution in [0.4, 0.5) is 0 Å². The van der Waals surface area contributed by atoms with Crippen molar-refractivity contribution < 1.29 is 19.1 Å². The molecular weight excluding hydrogens is 236 g/mol. The van der Waals surface area contributed by atoms with Crippen molar-refractivity contribution in [2.45, 2.75) is 19.3 Å². The van der Waals surface area contributed by atoms with E-state index in [1.165, 1.54) is 14.2 Å². The van der Waals surface area contributed by atoms with Crippen molar-refractivity contribution in [3.63, 3.8) is 0 Å². The van der Waals surface area contributed by atoms with E-state index in [4.69, 9.17) is 0 Å². The van der Waals surface area contributed by atoms with Gasteiger partial charge in [-0.3, -0.25) is 0 Å². The molecule has 1 N–H and O–H groups in total. The summed E-state index contributed by atoms with van der Waals surface area (Å²) in [6.07, 6.45) is 4.33. The first-order chi connectivity index (χ1) is 8.67. The molecular formula is C12H14N2O4. The maximum absolute atomic E-state index is 11.7. The number of hydrogen-bond donors (Lipinski definition) is 1. The zero-order valence-electron chi connectivity index (χ0n) is 10.3. The molecule has 0 atom stereocenters. The Labute approximate surface area is 104 Å². The van der Waals surface area contributed by atoms with Crippen molar-refractivity contribution in [3.05, 3.63) is 22.7 Å². The number of nitrogens with one attached hydrogen (secondary N) is 1. The van der Waals surface area contributed by atoms with Gasteiger partial charge >= 0.3 is 11.9 Å². The Morgan fingerprint density at radius 1 is 1.22 bits per heavy atom. The monoisotopic (exact) mass is 250 g/mol. The summed E-state index contributed by atoms with van der Waals surface area (Å²) in [6.45, 7) is 0. The number of ether oxygens (including phenoxy) is 2. The number of esters is 2. The fourth-order valence-corrected chi connectivity index (χ4v) is 1.97. The van der Waals surface area contributed by atoms with Crippen molar-refractivity contribution in [1.29, 1.82) is 0 Å². The minimum atomic E-state index is -0.666. The largest absolute Gasteiger partial charge is 0.464 e. The van der Waals surface area contributed by atoms with E-state index in [1.807, 2.05) is 0 Å². The van der Waals surface area contributed by atoms with E-state index < -0.39 is 11.9 Å². The molecule has 96 valence electrons. The van der Waals surface area contributed by atoms with Crippen LogP contribution in [0, 0.1) is 0 Å². The van der Waals surface area contributed by atoms with Crippen molar-refractivity contribution in [3.8, 4) is 0 Å². The van der Waals surface area contributed by atoms with Crippen molar-refractivity contribution in [2.75, 3.05) is 14.2 Å². The van der Waals surface area contributed by atoms with Gasteiger partial charge in [0.25, 0.3) is 0 Å². The molecule has 0 aromatic heterocycles. The molecule has 0 fully saturated rings. The van der Waals surface area contributed by atoms with Crippen LogP contribution in [0.5, 0.6) is 0 Å². The van der Waals surface area contributed by atoms with E-state index >= 15 is 0 Å². The number of nitrogens with zero attached hydrogens (tertiary/aromatic N) is 1. The first-order valence-corrected chi connectivity index (χ1v) is 5.61. The Balaban J connectivity index is 2.42. The summed E-state index contributed by atoms with van der Waals surface area (Å²) in [6, 6.07) is 0. The highest BCUT2D eigenvalue weighted by Gasteiger charge is 2.27. The number of hydrogen-bond acceptors (Lipinski definition) is 6. The maximum Gasteiger partial charge on any atom is 0.359 e. The Kier molecular flexibility index (Phi) is 3.45. The van der Waals surface area contributed by atoms with Crippen LogP contribution in [-0.4, -0.2) is 32.4 Å². The van der Waals surface area contributed by atoms with Crippen LogP contribution in [0.3, 0.4) is 0 Å². The third-order valence-corrected chi connectivity index (χ3v) is 2.89. The van der Waals surface area contributed by atoms with Gasteiger partial charge in [0.05, 0.1) is 14.2 Å². The quantitative estimate of drug-likeness (QED) is 0.728. The Morgan fingerprint density at radius 3 is 2.61 bits per heavy atom. The molecule has 6 nitrogen and oxygen atoms in total. The van der Waals surface area contributed by atoms with Crippen LogP contribution in [0.25, 0.3) is 0 Å². The molecule has 1 heterocycles. The van der Waals surface area contributed by atoms with Crippen molar-refractivity contribution in [1.82, 2.24) is 5.32 Å². The summed E-state index contributed by atoms with van der Waals surface area (Å²) >= 11 is 0. The Bertz CT molecular complexity index is 488. The van der Waals surface area contributed by atoms with Crippen LogP contribution in [-0.2, 0) is 19.1 Å². The second-order valence-electron chi connectivity index (χ2n) is 3.95. The average Bonchev–Trinajstić information content (AvgIpc) is 2.76. The molecule has 0 spiro atoms. The Morgan fingerprint density at radius 2 is 1.94 bits per heavy atom. The normalized spacial score (nSPS) is 18.1. The number of carbonyl (C=O) groups is 2. The van der Waals surface area contributed by atoms with E-state index in [2.05, 4.69) is 19.8 Å². The number of allylic oxidation sites excluding steroid dienone is 2. The van der Waals surface area contributed by atoms with E-state index in [0.29, 0.717) is 0 Å². The van der Waals surface area contributed by atoms with Gasteiger partial charge in [-0.2, -0.15) is 0 Å². The number of carbonyl (C=O) groups excluding carboxylic acids is 2. The lowest BCUT2D eigenvalue weighted by Gasteiger charge is -2.11. The highest BCUT2D eigenvalue weighted by Crippen LogP contribution is 2.26. The number of rotatable bonds is 2. The maximum atomic E-state index is 11.7. The fraction of sp³-hybridized carbons (Fsp3) is 0.417. The van der Waals surface area contributed by atoms with E-state index in [0.717, 1.165) is 30.5 Å². The molecule has 0 unspecified atom stereocenters. The van der Waals surface area contributed by atoms with E-state index in [1.54, 1.807) is 6.21 Å². The number of methoxy groups -OCH3 is 2. The minimum Gasteiger partial charge on any atom is -0.464 e. The summed E-state index contributed by atoms with van der Waals surface area (Å²) in [4.78, 5) is 27.3. The van der Waals surface area contributed by atoms with Gasteiger partial charge in [0.2, 0.25) is 0 Å². The highest BCUT2D eigenvalue weighted by molar-refractivity contribution is 6.02. The molecule has 1 aliphatic carbocycles. The number of aliphatic imine (C=N–C) groups is 1. The van der Waals surface area contributed by atoms with E-state index in [-0.39, 0.29) is 11.4 Å². The third-order valence-electron chi connectivity index (χ3n) is 2.89. The van der Waals surface area contributed by atoms with Gasteiger partial charge in [0.1, 0.15) is 0 Å². The molecule has 2 rings (SSSR count). The predicted molar refractivity (Wildman–Crippen MR) is 63.6 cm³/mol. The van der Waals surface area contributed by atoms with Crippen LogP contribution in [0.2, 0.25) is 0 Å². The van der Waals surface area contributed by atoms with Crippen molar-refractivity contribution >= 4 is 18.2 Å². The van der Waals surface area contributed by atoms with Gasteiger partial charge in [-0.25, -0.2) is 14.6 Å². The highest BCUT2D eigenvalue weighted by atomic mass is 16.5. The molecule has 0 amide bonds. The second-order valence-corrected chi connectivity index (χ2v) is 3.95. The molecule has 6 heteroatoms. The minimum absolute atomic E-state index is 0.0347. The predicted octanol–water partition coefficient (Wildman–Crippen LogP) is 0.656. The summed E-state index contributed by atoms with van der Waals surface area (Å²) in [7, 11) is 2.50. The Hall–Kier alpha value is -2.11. The lowest BCUT2D eigenvalue weighted by atomic mass is 10.2. The van der Waals surface area contributed by atoms with Gasteiger partial charge in [-0.1, -0.05) is 0 Å². The van der Waals surface area contributed by atoms with Gasteiger partial charge < -0.3 is 14.8 Å². The molecule has 0 radical (unpaired) electrons. The second kappa shape index (κ2) is 5.03. The molecule has 0 aromatic rings. The third kappa shape index (κ3) is 2.13. The molecule has 0 saturated heterocycles. The molecule has 18 heavy (non-hydrogen) atoms. The first-order valence-electron chi connectivity index (χ1n) is 5.61. The molecule has 0 aromatic carbocycles. The van der Waals surface area contributed by atoms with Crippen LogP contribution < -0.4 is 5.32 Å². The van der Waals surface area contributed by atoms with Gasteiger partial charge in [0.15, 0.2) is 11.4 Å². The fourth-order valence-electron chi connectivity index (χ4n) is 1.97. The summed E-state index contributed by atoms with van der Waals surface area (Å²) < 4.78 is 9.27. The first kappa shape index (κ1) is 12.3. The van der Waals surface area contributed by atoms with Crippen LogP contribution in [0.15, 0.2) is 27.7 Å². The zero-order valence-corrected chi connectivity index (χ0v) is 10.3. The summed E-state index contributed by atoms with van der Waals surface area (Å²) in [5.74, 6) is -1.30.